The summed E-state index contributed by atoms with van der Waals surface area (Å²) in [6.07, 6.45) is 1.14. The van der Waals surface area contributed by atoms with E-state index >= 15 is 0 Å². The van der Waals surface area contributed by atoms with E-state index in [2.05, 4.69) is 10.6 Å². The molecule has 2 aliphatic rings. The van der Waals surface area contributed by atoms with Crippen molar-refractivity contribution in [3.63, 3.8) is 0 Å². The van der Waals surface area contributed by atoms with Crippen LogP contribution in [0.3, 0.4) is 0 Å². The third-order valence-corrected chi connectivity index (χ3v) is 7.21. The van der Waals surface area contributed by atoms with E-state index in [0.717, 1.165) is 33.8 Å². The smallest absolute Gasteiger partial charge is 0.163 e. The number of ether oxygens (including phenoxy) is 4. The zero-order chi connectivity index (χ0) is 28.4. The Labute approximate surface area is 236 Å². The number of benzene rings is 3. The van der Waals surface area contributed by atoms with Crippen molar-refractivity contribution in [2.24, 2.45) is 0 Å². The maximum atomic E-state index is 14.0. The first-order chi connectivity index (χ1) is 19.3. The van der Waals surface area contributed by atoms with E-state index in [9.17, 15) is 4.79 Å². The average Bonchev–Trinajstić information content (AvgIpc) is 3.10. The van der Waals surface area contributed by atoms with Crippen LogP contribution in [0.15, 0.2) is 71.9 Å². The van der Waals surface area contributed by atoms with E-state index in [0.29, 0.717) is 35.8 Å². The van der Waals surface area contributed by atoms with Gasteiger partial charge in [0.05, 0.1) is 43.8 Å². The van der Waals surface area contributed by atoms with E-state index in [1.54, 1.807) is 14.2 Å². The van der Waals surface area contributed by atoms with Gasteiger partial charge in [0.1, 0.15) is 0 Å². The van der Waals surface area contributed by atoms with Crippen LogP contribution in [0.2, 0.25) is 0 Å². The highest BCUT2D eigenvalue weighted by Crippen LogP contribution is 2.46. The van der Waals surface area contributed by atoms with Crippen LogP contribution < -0.4 is 29.6 Å². The molecule has 1 heterocycles. The van der Waals surface area contributed by atoms with Crippen molar-refractivity contribution >= 4 is 17.2 Å². The van der Waals surface area contributed by atoms with Crippen LogP contribution in [0, 0.1) is 0 Å². The zero-order valence-corrected chi connectivity index (χ0v) is 24.0. The summed E-state index contributed by atoms with van der Waals surface area (Å²) >= 11 is 0. The topological polar surface area (TPSA) is 78.1 Å². The molecular weight excluding hydrogens is 504 g/mol. The molecule has 0 spiro atoms. The highest BCUT2D eigenvalue weighted by atomic mass is 16.5. The lowest BCUT2D eigenvalue weighted by atomic mass is 9.78. The van der Waals surface area contributed by atoms with E-state index in [-0.39, 0.29) is 30.0 Å². The van der Waals surface area contributed by atoms with E-state index in [4.69, 9.17) is 18.9 Å². The third kappa shape index (κ3) is 5.60. The number of carbonyl (C=O) groups excluding carboxylic acids is 1. The van der Waals surface area contributed by atoms with Gasteiger partial charge in [-0.1, -0.05) is 24.3 Å². The maximum absolute atomic E-state index is 14.0. The molecule has 0 fully saturated rings. The summed E-state index contributed by atoms with van der Waals surface area (Å²) in [5, 5.41) is 7.25. The molecule has 7 heteroatoms. The SMILES string of the molecule is COc1cc(C2CC(=O)C3=C(C2)Nc2ccccc2NC3c2ccc(OC(C)C)c(OC)c2)ccc1OC(C)C. The second kappa shape index (κ2) is 11.5. The number of hydrogen-bond acceptors (Lipinski definition) is 7. The molecular formula is C33H38N2O5. The predicted molar refractivity (Wildman–Crippen MR) is 158 cm³/mol. The number of ketones is 1. The summed E-state index contributed by atoms with van der Waals surface area (Å²) in [4.78, 5) is 14.0. The second-order valence-electron chi connectivity index (χ2n) is 10.8. The molecule has 0 saturated carbocycles. The van der Waals surface area contributed by atoms with Crippen molar-refractivity contribution in [1.82, 2.24) is 0 Å². The maximum Gasteiger partial charge on any atom is 0.163 e. The molecule has 7 nitrogen and oxygen atoms in total. The van der Waals surface area contributed by atoms with Crippen molar-refractivity contribution < 1.29 is 23.7 Å². The molecule has 0 amide bonds. The number of fused-ring (bicyclic) bond motifs is 1. The van der Waals surface area contributed by atoms with Crippen LogP contribution in [-0.2, 0) is 4.79 Å². The van der Waals surface area contributed by atoms with Gasteiger partial charge in [-0.3, -0.25) is 4.79 Å². The highest BCUT2D eigenvalue weighted by molar-refractivity contribution is 6.01. The molecule has 2 atom stereocenters. The summed E-state index contributed by atoms with van der Waals surface area (Å²) < 4.78 is 23.2. The number of para-hydroxylation sites is 2. The first-order valence-corrected chi connectivity index (χ1v) is 13.8. The van der Waals surface area contributed by atoms with Crippen LogP contribution in [-0.4, -0.2) is 32.2 Å². The van der Waals surface area contributed by atoms with Crippen LogP contribution in [0.25, 0.3) is 0 Å². The van der Waals surface area contributed by atoms with Crippen molar-refractivity contribution in [3.8, 4) is 23.0 Å². The second-order valence-corrected chi connectivity index (χ2v) is 10.8. The predicted octanol–water partition coefficient (Wildman–Crippen LogP) is 7.26. The van der Waals surface area contributed by atoms with Gasteiger partial charge in [0.25, 0.3) is 0 Å². The number of Topliss-reactive ketones (excluding diaryl/α,β-unsaturated/α-hetero) is 1. The fourth-order valence-electron chi connectivity index (χ4n) is 5.48. The summed E-state index contributed by atoms with van der Waals surface area (Å²) in [7, 11) is 3.28. The van der Waals surface area contributed by atoms with Gasteiger partial charge in [-0.25, -0.2) is 0 Å². The molecule has 0 radical (unpaired) electrons. The Morgan fingerprint density at radius 1 is 0.725 bits per heavy atom. The van der Waals surface area contributed by atoms with Gasteiger partial charge in [0, 0.05) is 17.7 Å². The molecule has 40 heavy (non-hydrogen) atoms. The molecule has 0 bridgehead atoms. The van der Waals surface area contributed by atoms with Crippen molar-refractivity contribution in [1.29, 1.82) is 0 Å². The molecule has 1 aliphatic heterocycles. The normalized spacial score (nSPS) is 18.4. The molecule has 2 N–H and O–H groups in total. The summed E-state index contributed by atoms with van der Waals surface area (Å²) in [6.45, 7) is 7.94. The molecule has 1 aliphatic carbocycles. The summed E-state index contributed by atoms with van der Waals surface area (Å²) in [6, 6.07) is 19.6. The van der Waals surface area contributed by atoms with Crippen LogP contribution >= 0.6 is 0 Å². The average molecular weight is 543 g/mol. The molecule has 3 aromatic rings. The first-order valence-electron chi connectivity index (χ1n) is 13.8. The Hall–Kier alpha value is -4.13. The van der Waals surface area contributed by atoms with E-state index < -0.39 is 0 Å². The zero-order valence-electron chi connectivity index (χ0n) is 24.0. The van der Waals surface area contributed by atoms with Gasteiger partial charge in [0.15, 0.2) is 28.8 Å². The standard InChI is InChI=1S/C33H38N2O5/c1-19(2)39-28-13-11-21(17-30(28)37-5)23-15-26-32(27(36)16-23)33(35-25-10-8-7-9-24(25)34-26)22-12-14-29(40-20(3)4)31(18-22)38-6/h7-14,17-20,23,33-35H,15-16H2,1-6H3. The highest BCUT2D eigenvalue weighted by Gasteiger charge is 2.36. The number of hydrogen-bond donors (Lipinski definition) is 2. The quantitative estimate of drug-likeness (QED) is 0.310. The van der Waals surface area contributed by atoms with Crippen molar-refractivity contribution in [2.45, 2.75) is 64.7 Å². The minimum absolute atomic E-state index is 0.00279. The minimum atomic E-state index is -0.349. The summed E-state index contributed by atoms with van der Waals surface area (Å²) in [5.74, 6) is 2.80. The lowest BCUT2D eigenvalue weighted by Crippen LogP contribution is -2.27. The van der Waals surface area contributed by atoms with Gasteiger partial charge in [-0.15, -0.1) is 0 Å². The first kappa shape index (κ1) is 27.4. The van der Waals surface area contributed by atoms with Gasteiger partial charge in [0.2, 0.25) is 0 Å². The lowest BCUT2D eigenvalue weighted by Gasteiger charge is -2.30. The number of anilines is 2. The molecule has 2 unspecified atom stereocenters. The Morgan fingerprint density at radius 3 is 1.90 bits per heavy atom. The van der Waals surface area contributed by atoms with Gasteiger partial charge in [-0.2, -0.15) is 0 Å². The Bertz CT molecular complexity index is 1430. The molecule has 3 aromatic carbocycles. The molecule has 210 valence electrons. The van der Waals surface area contributed by atoms with Crippen molar-refractivity contribution in [2.75, 3.05) is 24.9 Å². The molecule has 0 aromatic heterocycles. The lowest BCUT2D eigenvalue weighted by molar-refractivity contribution is -0.116. The monoisotopic (exact) mass is 542 g/mol. The van der Waals surface area contributed by atoms with E-state index in [1.165, 1.54) is 0 Å². The van der Waals surface area contributed by atoms with E-state index in [1.807, 2.05) is 88.4 Å². The number of allylic oxidation sites excluding steroid dienone is 1. The third-order valence-electron chi connectivity index (χ3n) is 7.21. The fourth-order valence-corrected chi connectivity index (χ4v) is 5.48. The Morgan fingerprint density at radius 2 is 1.30 bits per heavy atom. The number of nitrogens with one attached hydrogen (secondary N) is 2. The Kier molecular flexibility index (Phi) is 7.92. The fraction of sp³-hybridized carbons (Fsp3) is 0.364. The van der Waals surface area contributed by atoms with Crippen LogP contribution in [0.4, 0.5) is 11.4 Å². The minimum Gasteiger partial charge on any atom is -0.493 e. The largest absolute Gasteiger partial charge is 0.493 e. The summed E-state index contributed by atoms with van der Waals surface area (Å²) in [5.41, 5.74) is 5.53. The number of carbonyl (C=O) groups is 1. The number of rotatable bonds is 8. The Balaban J connectivity index is 1.55. The van der Waals surface area contributed by atoms with Gasteiger partial charge >= 0.3 is 0 Å². The molecule has 0 saturated heterocycles. The van der Waals surface area contributed by atoms with Crippen LogP contribution in [0.1, 0.15) is 63.6 Å². The van der Waals surface area contributed by atoms with Gasteiger partial charge in [-0.05, 0) is 87.6 Å². The van der Waals surface area contributed by atoms with Crippen LogP contribution in [0.5, 0.6) is 23.0 Å². The van der Waals surface area contributed by atoms with Gasteiger partial charge < -0.3 is 29.6 Å². The number of methoxy groups -OCH3 is 2. The van der Waals surface area contributed by atoms with Crippen molar-refractivity contribution in [3.05, 3.63) is 83.1 Å². The molecule has 5 rings (SSSR count).